The summed E-state index contributed by atoms with van der Waals surface area (Å²) in [6.45, 7) is 8.53. The minimum atomic E-state index is -3.60. The first-order valence-corrected chi connectivity index (χ1v) is 14.3. The number of unbranched alkanes of at least 4 members (excludes halogenated alkanes) is 1. The lowest BCUT2D eigenvalue weighted by atomic mass is 10.2. The van der Waals surface area contributed by atoms with Crippen LogP contribution in [-0.2, 0) is 16.6 Å². The number of carbonyl (C=O) groups is 1. The molecule has 8 nitrogen and oxygen atoms in total. The molecule has 2 aromatic carbocycles. The van der Waals surface area contributed by atoms with Crippen molar-refractivity contribution in [2.24, 2.45) is 4.99 Å². The van der Waals surface area contributed by atoms with Crippen molar-refractivity contribution in [3.8, 4) is 11.5 Å². The van der Waals surface area contributed by atoms with Crippen LogP contribution in [0.4, 0.5) is 0 Å². The molecule has 1 aliphatic heterocycles. The minimum Gasteiger partial charge on any atom is -0.486 e. The molecule has 1 amide bonds. The Labute approximate surface area is 209 Å². The standard InChI is InChI=1S/C25H31N3O5S2/c1-4-7-13-27(6-3)35(30,31)19-10-8-18(9-11-19)24(29)26-25-28(12-5-2)20-16-21-22(17-23(20)34-25)33-15-14-32-21/h8-11,16-17H,4-7,12-15H2,1-3H3. The van der Waals surface area contributed by atoms with Crippen LogP contribution in [0.3, 0.4) is 0 Å². The van der Waals surface area contributed by atoms with E-state index in [-0.39, 0.29) is 4.90 Å². The number of nitrogens with zero attached hydrogens (tertiary/aromatic N) is 3. The van der Waals surface area contributed by atoms with Gasteiger partial charge in [0, 0.05) is 37.3 Å². The maximum absolute atomic E-state index is 13.0. The molecule has 0 atom stereocenters. The average molecular weight is 518 g/mol. The fourth-order valence-corrected chi connectivity index (χ4v) is 6.54. The van der Waals surface area contributed by atoms with Crippen LogP contribution in [0.5, 0.6) is 11.5 Å². The van der Waals surface area contributed by atoms with Crippen molar-refractivity contribution in [3.63, 3.8) is 0 Å². The number of carbonyl (C=O) groups excluding carboxylic acids is 1. The number of ether oxygens (including phenoxy) is 2. The lowest BCUT2D eigenvalue weighted by Gasteiger charge is -2.20. The van der Waals surface area contributed by atoms with Crippen molar-refractivity contribution in [1.82, 2.24) is 8.87 Å². The Morgan fingerprint density at radius 3 is 2.37 bits per heavy atom. The molecule has 0 aliphatic carbocycles. The lowest BCUT2D eigenvalue weighted by molar-refractivity contribution is 0.0997. The van der Waals surface area contributed by atoms with Gasteiger partial charge in [0.1, 0.15) is 13.2 Å². The van der Waals surface area contributed by atoms with E-state index in [4.69, 9.17) is 9.47 Å². The molecule has 35 heavy (non-hydrogen) atoms. The minimum absolute atomic E-state index is 0.181. The number of aryl methyl sites for hydroxylation is 1. The van der Waals surface area contributed by atoms with Gasteiger partial charge in [-0.1, -0.05) is 38.5 Å². The molecule has 0 bridgehead atoms. The molecule has 0 radical (unpaired) electrons. The summed E-state index contributed by atoms with van der Waals surface area (Å²) in [7, 11) is -3.60. The first-order valence-electron chi connectivity index (χ1n) is 12.0. The molecule has 0 saturated heterocycles. The van der Waals surface area contributed by atoms with Crippen molar-refractivity contribution in [1.29, 1.82) is 0 Å². The quantitative estimate of drug-likeness (QED) is 0.419. The van der Waals surface area contributed by atoms with Crippen molar-refractivity contribution >= 4 is 37.5 Å². The average Bonchev–Trinajstić information content (AvgIpc) is 3.18. The van der Waals surface area contributed by atoms with Crippen LogP contribution in [0.15, 0.2) is 46.3 Å². The van der Waals surface area contributed by atoms with Crippen molar-refractivity contribution in [2.45, 2.75) is 51.5 Å². The Balaban J connectivity index is 1.66. The van der Waals surface area contributed by atoms with Gasteiger partial charge in [-0.25, -0.2) is 8.42 Å². The third-order valence-electron chi connectivity index (χ3n) is 5.84. The summed E-state index contributed by atoms with van der Waals surface area (Å²) >= 11 is 1.42. The zero-order valence-electron chi connectivity index (χ0n) is 20.3. The number of sulfonamides is 1. The molecule has 188 valence electrons. The smallest absolute Gasteiger partial charge is 0.279 e. The SMILES string of the molecule is CCCCN(CC)S(=O)(=O)c1ccc(C(=O)N=c2sc3cc4c(cc3n2CCC)OCCO4)cc1. The van der Waals surface area contributed by atoms with Crippen LogP contribution in [0.2, 0.25) is 0 Å². The van der Waals surface area contributed by atoms with Crippen molar-refractivity contribution in [3.05, 3.63) is 46.8 Å². The highest BCUT2D eigenvalue weighted by Crippen LogP contribution is 2.35. The first-order chi connectivity index (χ1) is 16.9. The monoisotopic (exact) mass is 517 g/mol. The van der Waals surface area contributed by atoms with Gasteiger partial charge in [0.25, 0.3) is 5.91 Å². The van der Waals surface area contributed by atoms with Gasteiger partial charge in [-0.15, -0.1) is 0 Å². The molecule has 0 N–H and O–H groups in total. The Bertz CT molecular complexity index is 1370. The second-order valence-electron chi connectivity index (χ2n) is 8.29. The van der Waals surface area contributed by atoms with E-state index >= 15 is 0 Å². The molecule has 1 aromatic heterocycles. The van der Waals surface area contributed by atoms with Gasteiger partial charge in [0.05, 0.1) is 15.1 Å². The van der Waals surface area contributed by atoms with Crippen LogP contribution < -0.4 is 14.3 Å². The topological polar surface area (TPSA) is 90.2 Å². The fourth-order valence-electron chi connectivity index (χ4n) is 3.98. The number of hydrogen-bond acceptors (Lipinski definition) is 6. The van der Waals surface area contributed by atoms with Crippen molar-refractivity contribution < 1.29 is 22.7 Å². The van der Waals surface area contributed by atoms with Gasteiger partial charge in [0.2, 0.25) is 10.0 Å². The third-order valence-corrected chi connectivity index (χ3v) is 8.87. The van der Waals surface area contributed by atoms with E-state index in [1.54, 1.807) is 0 Å². The Kier molecular flexibility index (Phi) is 7.93. The van der Waals surface area contributed by atoms with E-state index in [1.807, 2.05) is 30.5 Å². The van der Waals surface area contributed by atoms with Gasteiger partial charge in [-0.05, 0) is 37.1 Å². The summed E-state index contributed by atoms with van der Waals surface area (Å²) in [5, 5.41) is 0. The molecule has 0 spiro atoms. The highest BCUT2D eigenvalue weighted by atomic mass is 32.2. The number of fused-ring (bicyclic) bond motifs is 2. The number of hydrogen-bond donors (Lipinski definition) is 0. The number of thiazole rings is 1. The normalized spacial score (nSPS) is 14.1. The second kappa shape index (κ2) is 10.9. The molecule has 2 heterocycles. The Hall–Kier alpha value is -2.69. The maximum atomic E-state index is 13.0. The van der Waals surface area contributed by atoms with Gasteiger partial charge >= 0.3 is 0 Å². The molecule has 3 aromatic rings. The summed E-state index contributed by atoms with van der Waals surface area (Å²) in [5.41, 5.74) is 1.29. The zero-order chi connectivity index (χ0) is 25.0. The largest absolute Gasteiger partial charge is 0.486 e. The fraction of sp³-hybridized carbons (Fsp3) is 0.440. The second-order valence-corrected chi connectivity index (χ2v) is 11.2. The molecule has 0 fully saturated rings. The molecule has 0 unspecified atom stereocenters. The van der Waals surface area contributed by atoms with Gasteiger partial charge in [-0.3, -0.25) is 4.79 Å². The van der Waals surface area contributed by atoms with Crippen LogP contribution in [0.1, 0.15) is 50.4 Å². The van der Waals surface area contributed by atoms with Gasteiger partial charge < -0.3 is 14.0 Å². The number of amides is 1. The van der Waals surface area contributed by atoms with Crippen LogP contribution in [-0.4, -0.2) is 49.5 Å². The predicted molar refractivity (Wildman–Crippen MR) is 137 cm³/mol. The van der Waals surface area contributed by atoms with Crippen LogP contribution in [0.25, 0.3) is 10.2 Å². The Morgan fingerprint density at radius 1 is 1.06 bits per heavy atom. The van der Waals surface area contributed by atoms with E-state index < -0.39 is 15.9 Å². The molecule has 1 aliphatic rings. The summed E-state index contributed by atoms with van der Waals surface area (Å²) < 4.78 is 41.8. The predicted octanol–water partition coefficient (Wildman–Crippen LogP) is 4.44. The lowest BCUT2D eigenvalue weighted by Crippen LogP contribution is -2.31. The highest BCUT2D eigenvalue weighted by molar-refractivity contribution is 7.89. The first kappa shape index (κ1) is 25.4. The summed E-state index contributed by atoms with van der Waals surface area (Å²) in [6.07, 6.45) is 2.59. The molecule has 4 rings (SSSR count). The molecular formula is C25H31N3O5S2. The zero-order valence-corrected chi connectivity index (χ0v) is 22.0. The van der Waals surface area contributed by atoms with Crippen molar-refractivity contribution in [2.75, 3.05) is 26.3 Å². The van der Waals surface area contributed by atoms with E-state index in [0.717, 1.165) is 29.5 Å². The summed E-state index contributed by atoms with van der Waals surface area (Å²) in [6, 6.07) is 9.91. The Morgan fingerprint density at radius 2 is 1.74 bits per heavy atom. The number of rotatable bonds is 9. The van der Waals surface area contributed by atoms with Gasteiger partial charge in [-0.2, -0.15) is 9.30 Å². The number of aromatic nitrogens is 1. The van der Waals surface area contributed by atoms with E-state index in [0.29, 0.717) is 54.7 Å². The summed E-state index contributed by atoms with van der Waals surface area (Å²) in [5.74, 6) is 0.977. The molecular weight excluding hydrogens is 486 g/mol. The summed E-state index contributed by atoms with van der Waals surface area (Å²) in [4.78, 5) is 18.2. The van der Waals surface area contributed by atoms with E-state index in [2.05, 4.69) is 11.9 Å². The maximum Gasteiger partial charge on any atom is 0.279 e. The van der Waals surface area contributed by atoms with Crippen LogP contribution in [0, 0.1) is 0 Å². The van der Waals surface area contributed by atoms with E-state index in [1.165, 1.54) is 39.9 Å². The number of benzene rings is 2. The van der Waals surface area contributed by atoms with E-state index in [9.17, 15) is 13.2 Å². The highest BCUT2D eigenvalue weighted by Gasteiger charge is 2.23. The molecule has 10 heteroatoms. The van der Waals surface area contributed by atoms with Crippen LogP contribution >= 0.6 is 11.3 Å². The molecule has 0 saturated carbocycles. The third kappa shape index (κ3) is 5.29. The van der Waals surface area contributed by atoms with Gasteiger partial charge in [0.15, 0.2) is 16.3 Å².